The summed E-state index contributed by atoms with van der Waals surface area (Å²) in [6, 6.07) is 19.7. The standard InChI is InChI=1S/C24H25N5O2/c30-23(19-7-2-1-3-8-19)27-20-9-6-10-21(15-20)28-24(31)26-17-18-11-12-22(25-16-18)29-13-4-5-14-29/h1-3,6-12,15-16H,4-5,13-14,17H2,(H,27,30)(H2,26,28,31). The fourth-order valence-electron chi connectivity index (χ4n) is 3.48. The van der Waals surface area contributed by atoms with Crippen molar-refractivity contribution in [3.05, 3.63) is 84.1 Å². The maximum Gasteiger partial charge on any atom is 0.319 e. The Labute approximate surface area is 181 Å². The molecule has 1 saturated heterocycles. The highest BCUT2D eigenvalue weighted by molar-refractivity contribution is 6.04. The van der Waals surface area contributed by atoms with E-state index in [4.69, 9.17) is 0 Å². The van der Waals surface area contributed by atoms with E-state index in [0.29, 0.717) is 23.5 Å². The average molecular weight is 415 g/mol. The number of rotatable bonds is 6. The van der Waals surface area contributed by atoms with Crippen molar-refractivity contribution in [2.24, 2.45) is 0 Å². The number of aromatic nitrogens is 1. The lowest BCUT2D eigenvalue weighted by atomic mass is 10.2. The molecule has 2 heterocycles. The number of hydrogen-bond acceptors (Lipinski definition) is 4. The zero-order chi connectivity index (χ0) is 21.5. The van der Waals surface area contributed by atoms with Gasteiger partial charge in [0.15, 0.2) is 0 Å². The topological polar surface area (TPSA) is 86.4 Å². The molecule has 7 nitrogen and oxygen atoms in total. The molecule has 1 aliphatic heterocycles. The molecule has 0 atom stereocenters. The number of carbonyl (C=O) groups is 2. The molecule has 2 aromatic carbocycles. The monoisotopic (exact) mass is 415 g/mol. The second-order valence-corrected chi connectivity index (χ2v) is 7.43. The normalized spacial score (nSPS) is 13.0. The van der Waals surface area contributed by atoms with Crippen LogP contribution in [-0.4, -0.2) is 30.0 Å². The van der Waals surface area contributed by atoms with Crippen molar-refractivity contribution in [1.82, 2.24) is 10.3 Å². The Bertz CT molecular complexity index is 1030. The maximum absolute atomic E-state index is 12.3. The van der Waals surface area contributed by atoms with E-state index in [0.717, 1.165) is 24.5 Å². The largest absolute Gasteiger partial charge is 0.357 e. The highest BCUT2D eigenvalue weighted by atomic mass is 16.2. The van der Waals surface area contributed by atoms with Gasteiger partial charge in [0.25, 0.3) is 5.91 Å². The van der Waals surface area contributed by atoms with Gasteiger partial charge in [-0.1, -0.05) is 30.3 Å². The molecule has 0 bridgehead atoms. The van der Waals surface area contributed by atoms with Crippen LogP contribution in [-0.2, 0) is 6.54 Å². The Balaban J connectivity index is 1.28. The predicted molar refractivity (Wildman–Crippen MR) is 122 cm³/mol. The third-order valence-electron chi connectivity index (χ3n) is 5.11. The number of amides is 3. The molecule has 3 N–H and O–H groups in total. The van der Waals surface area contributed by atoms with Crippen LogP contribution < -0.4 is 20.9 Å². The van der Waals surface area contributed by atoms with Crippen molar-refractivity contribution in [3.8, 4) is 0 Å². The first-order chi connectivity index (χ1) is 15.2. The Kier molecular flexibility index (Phi) is 6.42. The number of nitrogens with zero attached hydrogens (tertiary/aromatic N) is 2. The molecule has 0 aliphatic carbocycles. The molecule has 0 radical (unpaired) electrons. The van der Waals surface area contributed by atoms with E-state index < -0.39 is 0 Å². The van der Waals surface area contributed by atoms with Gasteiger partial charge in [-0.25, -0.2) is 9.78 Å². The first kappa shape index (κ1) is 20.4. The molecule has 1 fully saturated rings. The fraction of sp³-hybridized carbons (Fsp3) is 0.208. The molecule has 0 unspecified atom stereocenters. The minimum absolute atomic E-state index is 0.202. The van der Waals surface area contributed by atoms with Crippen LogP contribution in [0.15, 0.2) is 72.9 Å². The van der Waals surface area contributed by atoms with Crippen molar-refractivity contribution in [3.63, 3.8) is 0 Å². The number of nitrogens with one attached hydrogen (secondary N) is 3. The van der Waals surface area contributed by atoms with Crippen molar-refractivity contribution >= 4 is 29.1 Å². The van der Waals surface area contributed by atoms with E-state index in [2.05, 4.69) is 25.8 Å². The summed E-state index contributed by atoms with van der Waals surface area (Å²) >= 11 is 0. The molecule has 1 aliphatic rings. The molecule has 158 valence electrons. The van der Waals surface area contributed by atoms with Gasteiger partial charge in [0.2, 0.25) is 0 Å². The Hall–Kier alpha value is -3.87. The van der Waals surface area contributed by atoms with Gasteiger partial charge in [0.05, 0.1) is 0 Å². The van der Waals surface area contributed by atoms with Gasteiger partial charge in [0, 0.05) is 42.8 Å². The molecular weight excluding hydrogens is 390 g/mol. The Morgan fingerprint density at radius 2 is 1.61 bits per heavy atom. The average Bonchev–Trinajstić information content (AvgIpc) is 3.34. The quantitative estimate of drug-likeness (QED) is 0.562. The van der Waals surface area contributed by atoms with Gasteiger partial charge in [-0.2, -0.15) is 0 Å². The van der Waals surface area contributed by atoms with E-state index in [-0.39, 0.29) is 11.9 Å². The lowest BCUT2D eigenvalue weighted by Gasteiger charge is -2.16. The molecule has 4 rings (SSSR count). The van der Waals surface area contributed by atoms with Gasteiger partial charge in [-0.15, -0.1) is 0 Å². The van der Waals surface area contributed by atoms with Gasteiger partial charge in [-0.3, -0.25) is 4.79 Å². The third-order valence-corrected chi connectivity index (χ3v) is 5.11. The zero-order valence-electron chi connectivity index (χ0n) is 17.2. The van der Waals surface area contributed by atoms with Crippen LogP contribution in [0.5, 0.6) is 0 Å². The predicted octanol–water partition coefficient (Wildman–Crippen LogP) is 4.26. The summed E-state index contributed by atoms with van der Waals surface area (Å²) in [5.41, 5.74) is 2.70. The summed E-state index contributed by atoms with van der Waals surface area (Å²) in [6.07, 6.45) is 4.22. The molecule has 1 aromatic heterocycles. The van der Waals surface area contributed by atoms with Crippen LogP contribution in [0.25, 0.3) is 0 Å². The van der Waals surface area contributed by atoms with E-state index in [1.807, 2.05) is 30.3 Å². The molecular formula is C24H25N5O2. The second-order valence-electron chi connectivity index (χ2n) is 7.43. The van der Waals surface area contributed by atoms with E-state index in [1.165, 1.54) is 12.8 Å². The highest BCUT2D eigenvalue weighted by Crippen LogP contribution is 2.18. The minimum Gasteiger partial charge on any atom is -0.357 e. The number of anilines is 3. The van der Waals surface area contributed by atoms with E-state index in [9.17, 15) is 9.59 Å². The molecule has 0 saturated carbocycles. The molecule has 0 spiro atoms. The summed E-state index contributed by atoms with van der Waals surface area (Å²) in [4.78, 5) is 31.3. The highest BCUT2D eigenvalue weighted by Gasteiger charge is 2.13. The zero-order valence-corrected chi connectivity index (χ0v) is 17.2. The van der Waals surface area contributed by atoms with Gasteiger partial charge >= 0.3 is 6.03 Å². The first-order valence-corrected chi connectivity index (χ1v) is 10.4. The third kappa shape index (κ3) is 5.60. The van der Waals surface area contributed by atoms with Gasteiger partial charge in [0.1, 0.15) is 5.82 Å². The maximum atomic E-state index is 12.3. The van der Waals surface area contributed by atoms with Crippen LogP contribution >= 0.6 is 0 Å². The summed E-state index contributed by atoms with van der Waals surface area (Å²) in [5, 5.41) is 8.46. The minimum atomic E-state index is -0.324. The lowest BCUT2D eigenvalue weighted by Crippen LogP contribution is -2.28. The van der Waals surface area contributed by atoms with Crippen molar-refractivity contribution < 1.29 is 9.59 Å². The number of urea groups is 1. The smallest absolute Gasteiger partial charge is 0.319 e. The fourth-order valence-corrected chi connectivity index (χ4v) is 3.48. The Morgan fingerprint density at radius 3 is 2.32 bits per heavy atom. The van der Waals surface area contributed by atoms with Crippen molar-refractivity contribution in [2.45, 2.75) is 19.4 Å². The molecule has 3 amide bonds. The first-order valence-electron chi connectivity index (χ1n) is 10.4. The summed E-state index contributed by atoms with van der Waals surface area (Å²) in [5.74, 6) is 0.784. The van der Waals surface area contributed by atoms with Crippen LogP contribution in [0.3, 0.4) is 0 Å². The SMILES string of the molecule is O=C(NCc1ccc(N2CCCC2)nc1)Nc1cccc(NC(=O)c2ccccc2)c1. The molecule has 7 heteroatoms. The van der Waals surface area contributed by atoms with Gasteiger partial charge < -0.3 is 20.9 Å². The van der Waals surface area contributed by atoms with Crippen molar-refractivity contribution in [2.75, 3.05) is 28.6 Å². The van der Waals surface area contributed by atoms with Gasteiger partial charge in [-0.05, 0) is 54.8 Å². The number of benzene rings is 2. The summed E-state index contributed by atoms with van der Waals surface area (Å²) in [7, 11) is 0. The number of pyridine rings is 1. The summed E-state index contributed by atoms with van der Waals surface area (Å²) < 4.78 is 0. The molecule has 31 heavy (non-hydrogen) atoms. The van der Waals surface area contributed by atoms with Crippen LogP contribution in [0.2, 0.25) is 0 Å². The summed E-state index contributed by atoms with van der Waals surface area (Å²) in [6.45, 7) is 2.49. The number of hydrogen-bond donors (Lipinski definition) is 3. The van der Waals surface area contributed by atoms with Crippen molar-refractivity contribution in [1.29, 1.82) is 0 Å². The second kappa shape index (κ2) is 9.75. The lowest BCUT2D eigenvalue weighted by molar-refractivity contribution is 0.102. The van der Waals surface area contributed by atoms with Crippen LogP contribution in [0.4, 0.5) is 22.0 Å². The molecule has 3 aromatic rings. The van der Waals surface area contributed by atoms with E-state index >= 15 is 0 Å². The van der Waals surface area contributed by atoms with Crippen LogP contribution in [0, 0.1) is 0 Å². The Morgan fingerprint density at radius 1 is 0.871 bits per heavy atom. The van der Waals surface area contributed by atoms with E-state index in [1.54, 1.807) is 42.6 Å². The van der Waals surface area contributed by atoms with Crippen LogP contribution in [0.1, 0.15) is 28.8 Å². The number of carbonyl (C=O) groups excluding carboxylic acids is 2.